The highest BCUT2D eigenvalue weighted by molar-refractivity contribution is 7.09. The van der Waals surface area contributed by atoms with Gasteiger partial charge in [0, 0.05) is 42.5 Å². The summed E-state index contributed by atoms with van der Waals surface area (Å²) < 4.78 is 2.26. The Bertz CT molecular complexity index is 879. The van der Waals surface area contributed by atoms with Gasteiger partial charge >= 0.3 is 0 Å². The van der Waals surface area contributed by atoms with Crippen LogP contribution in [0.1, 0.15) is 54.5 Å². The molecule has 1 aliphatic rings. The fourth-order valence-electron chi connectivity index (χ4n) is 3.11. The summed E-state index contributed by atoms with van der Waals surface area (Å²) in [5, 5.41) is 0. The van der Waals surface area contributed by atoms with Gasteiger partial charge in [0.1, 0.15) is 0 Å². The smallest absolute Gasteiger partial charge is 0.279 e. The van der Waals surface area contributed by atoms with E-state index in [0.29, 0.717) is 5.56 Å². The van der Waals surface area contributed by atoms with Crippen molar-refractivity contribution >= 4 is 22.9 Å². The van der Waals surface area contributed by atoms with E-state index in [1.807, 2.05) is 43.3 Å². The summed E-state index contributed by atoms with van der Waals surface area (Å²) in [4.78, 5) is 21.5. The number of benzene rings is 1. The summed E-state index contributed by atoms with van der Waals surface area (Å²) in [6, 6.07) is 7.66. The van der Waals surface area contributed by atoms with E-state index in [1.165, 1.54) is 23.4 Å². The molecule has 0 radical (unpaired) electrons. The fourth-order valence-corrected chi connectivity index (χ4v) is 4.30. The van der Waals surface area contributed by atoms with Crippen molar-refractivity contribution < 1.29 is 4.79 Å². The minimum atomic E-state index is -0.167. The lowest BCUT2D eigenvalue weighted by Crippen LogP contribution is -2.20. The van der Waals surface area contributed by atoms with Crippen LogP contribution < -0.4 is 9.70 Å². The number of carbonyl (C=O) groups is 1. The third kappa shape index (κ3) is 4.09. The minimum absolute atomic E-state index is 0.0572. The van der Waals surface area contributed by atoms with Gasteiger partial charge in [0.2, 0.25) is 0 Å². The van der Waals surface area contributed by atoms with Crippen molar-refractivity contribution in [2.45, 2.75) is 52.5 Å². The number of thiazole rings is 1. The van der Waals surface area contributed by atoms with Gasteiger partial charge in [-0.1, -0.05) is 26.8 Å². The van der Waals surface area contributed by atoms with Crippen molar-refractivity contribution in [3.63, 3.8) is 0 Å². The Morgan fingerprint density at radius 3 is 2.58 bits per heavy atom. The first-order chi connectivity index (χ1) is 12.2. The van der Waals surface area contributed by atoms with Crippen molar-refractivity contribution in [3.8, 4) is 0 Å². The van der Waals surface area contributed by atoms with E-state index in [1.54, 1.807) is 11.3 Å². The molecule has 5 heteroatoms. The molecule has 0 atom stereocenters. The zero-order valence-corrected chi connectivity index (χ0v) is 17.5. The van der Waals surface area contributed by atoms with Gasteiger partial charge in [0.25, 0.3) is 5.91 Å². The lowest BCUT2D eigenvalue weighted by atomic mass is 9.93. The quantitative estimate of drug-likeness (QED) is 0.800. The van der Waals surface area contributed by atoms with E-state index in [4.69, 9.17) is 0 Å². The summed E-state index contributed by atoms with van der Waals surface area (Å²) in [7, 11) is 3.95. The SMILES string of the molecule is Cc1c(C(C)(C)C)s/c(=N\C(=O)c2cccc(N(C)C)c2)n1CC1CC1. The van der Waals surface area contributed by atoms with Gasteiger partial charge in [-0.25, -0.2) is 0 Å². The maximum Gasteiger partial charge on any atom is 0.279 e. The molecule has 1 aliphatic carbocycles. The van der Waals surface area contributed by atoms with Crippen molar-refractivity contribution in [1.82, 2.24) is 4.57 Å². The third-order valence-electron chi connectivity index (χ3n) is 4.78. The second-order valence-corrected chi connectivity index (χ2v) is 9.44. The Morgan fingerprint density at radius 2 is 2.00 bits per heavy atom. The average Bonchev–Trinajstić information content (AvgIpc) is 3.33. The van der Waals surface area contributed by atoms with Crippen LogP contribution in [0.2, 0.25) is 0 Å². The van der Waals surface area contributed by atoms with Crippen LogP contribution in [-0.2, 0) is 12.0 Å². The van der Waals surface area contributed by atoms with Gasteiger partial charge in [0.15, 0.2) is 4.80 Å². The molecule has 1 heterocycles. The number of hydrogen-bond donors (Lipinski definition) is 0. The molecule has 26 heavy (non-hydrogen) atoms. The first kappa shape index (κ1) is 18.9. The van der Waals surface area contributed by atoms with Crippen LogP contribution in [0.25, 0.3) is 0 Å². The second-order valence-electron chi connectivity index (χ2n) is 8.46. The number of anilines is 1. The molecule has 1 fully saturated rings. The Hall–Kier alpha value is -1.88. The predicted molar refractivity (Wildman–Crippen MR) is 109 cm³/mol. The number of carbonyl (C=O) groups excluding carboxylic acids is 1. The maximum absolute atomic E-state index is 12.8. The second kappa shape index (κ2) is 7.03. The van der Waals surface area contributed by atoms with Crippen LogP contribution in [0.4, 0.5) is 5.69 Å². The first-order valence-electron chi connectivity index (χ1n) is 9.24. The Labute approximate surface area is 160 Å². The van der Waals surface area contributed by atoms with Crippen LogP contribution in [0.3, 0.4) is 0 Å². The van der Waals surface area contributed by atoms with Gasteiger partial charge in [0.05, 0.1) is 0 Å². The number of hydrogen-bond acceptors (Lipinski definition) is 3. The van der Waals surface area contributed by atoms with Gasteiger partial charge in [-0.2, -0.15) is 4.99 Å². The number of aromatic nitrogens is 1. The summed E-state index contributed by atoms with van der Waals surface area (Å²) in [6.07, 6.45) is 2.57. The first-order valence-corrected chi connectivity index (χ1v) is 10.1. The average molecular weight is 372 g/mol. The molecule has 0 N–H and O–H groups in total. The molecule has 4 nitrogen and oxygen atoms in total. The molecule has 0 bridgehead atoms. The van der Waals surface area contributed by atoms with E-state index < -0.39 is 0 Å². The van der Waals surface area contributed by atoms with Crippen LogP contribution in [0.5, 0.6) is 0 Å². The lowest BCUT2D eigenvalue weighted by Gasteiger charge is -2.17. The minimum Gasteiger partial charge on any atom is -0.378 e. The predicted octanol–water partition coefficient (Wildman–Crippen LogP) is 4.37. The summed E-state index contributed by atoms with van der Waals surface area (Å²) in [6.45, 7) is 9.80. The number of nitrogens with zero attached hydrogens (tertiary/aromatic N) is 3. The molecule has 1 aromatic carbocycles. The van der Waals surface area contributed by atoms with Gasteiger partial charge in [-0.05, 0) is 49.3 Å². The zero-order chi connectivity index (χ0) is 19.1. The van der Waals surface area contributed by atoms with Crippen molar-refractivity contribution in [3.05, 3.63) is 45.2 Å². The Morgan fingerprint density at radius 1 is 1.31 bits per heavy atom. The van der Waals surface area contributed by atoms with Crippen molar-refractivity contribution in [1.29, 1.82) is 0 Å². The standard InChI is InChI=1S/C21H29N3OS/c1-14-18(21(2,3)4)26-20(24(14)13-15-10-11-15)22-19(25)16-8-7-9-17(12-16)23(5)6/h7-9,12,15H,10-11,13H2,1-6H3/b22-20-. The zero-order valence-electron chi connectivity index (χ0n) is 16.7. The topological polar surface area (TPSA) is 37.6 Å². The molecule has 1 saturated carbocycles. The number of rotatable bonds is 4. The molecular formula is C21H29N3OS. The van der Waals surface area contributed by atoms with Gasteiger partial charge < -0.3 is 9.47 Å². The molecule has 2 aromatic rings. The van der Waals surface area contributed by atoms with Crippen LogP contribution >= 0.6 is 11.3 Å². The van der Waals surface area contributed by atoms with E-state index in [-0.39, 0.29) is 11.3 Å². The molecule has 0 unspecified atom stereocenters. The highest BCUT2D eigenvalue weighted by Crippen LogP contribution is 2.33. The van der Waals surface area contributed by atoms with Gasteiger partial charge in [-0.15, -0.1) is 11.3 Å². The highest BCUT2D eigenvalue weighted by atomic mass is 32.1. The van der Waals surface area contributed by atoms with Crippen LogP contribution in [0.15, 0.2) is 29.3 Å². The molecule has 140 valence electrons. The Balaban J connectivity index is 2.04. The molecular weight excluding hydrogens is 342 g/mol. The van der Waals surface area contributed by atoms with E-state index >= 15 is 0 Å². The summed E-state index contributed by atoms with van der Waals surface area (Å²) >= 11 is 1.66. The monoisotopic (exact) mass is 371 g/mol. The summed E-state index contributed by atoms with van der Waals surface area (Å²) in [5.74, 6) is 0.571. The van der Waals surface area contributed by atoms with Crippen LogP contribution in [0, 0.1) is 12.8 Å². The fraction of sp³-hybridized carbons (Fsp3) is 0.524. The molecule has 3 rings (SSSR count). The normalized spacial score (nSPS) is 15.4. The van der Waals surface area contributed by atoms with Crippen LogP contribution in [-0.4, -0.2) is 24.6 Å². The third-order valence-corrected chi connectivity index (χ3v) is 6.39. The summed E-state index contributed by atoms with van der Waals surface area (Å²) in [5.41, 5.74) is 2.96. The lowest BCUT2D eigenvalue weighted by molar-refractivity contribution is 0.0997. The van der Waals surface area contributed by atoms with E-state index in [2.05, 4.69) is 37.3 Å². The van der Waals surface area contributed by atoms with E-state index in [9.17, 15) is 4.79 Å². The maximum atomic E-state index is 12.8. The van der Waals surface area contributed by atoms with Crippen molar-refractivity contribution in [2.75, 3.05) is 19.0 Å². The number of amides is 1. The molecule has 1 amide bonds. The molecule has 1 aromatic heterocycles. The molecule has 0 saturated heterocycles. The largest absolute Gasteiger partial charge is 0.378 e. The van der Waals surface area contributed by atoms with E-state index in [0.717, 1.165) is 23.0 Å². The van der Waals surface area contributed by atoms with Gasteiger partial charge in [-0.3, -0.25) is 4.79 Å². The van der Waals surface area contributed by atoms with Crippen molar-refractivity contribution in [2.24, 2.45) is 10.9 Å². The molecule has 0 spiro atoms. The molecule has 0 aliphatic heterocycles. The highest BCUT2D eigenvalue weighted by Gasteiger charge is 2.27. The Kier molecular flexibility index (Phi) is 5.11.